The zero-order valence-electron chi connectivity index (χ0n) is 28.9. The molecule has 3 aromatic carbocycles. The molecule has 1 aliphatic rings. The van der Waals surface area contributed by atoms with E-state index in [4.69, 9.17) is 9.47 Å². The van der Waals surface area contributed by atoms with Crippen molar-refractivity contribution >= 4 is 50.5 Å². The van der Waals surface area contributed by atoms with Gasteiger partial charge in [-0.1, -0.05) is 18.2 Å². The summed E-state index contributed by atoms with van der Waals surface area (Å²) in [5.74, 6) is 2.23. The van der Waals surface area contributed by atoms with Gasteiger partial charge in [-0.15, -0.1) is 0 Å². The van der Waals surface area contributed by atoms with Crippen LogP contribution in [0.5, 0.6) is 11.5 Å². The lowest BCUT2D eigenvalue weighted by Gasteiger charge is -2.34. The van der Waals surface area contributed by atoms with Crippen LogP contribution < -0.4 is 19.7 Å². The second kappa shape index (κ2) is 15.6. The number of sulfone groups is 1. The number of ether oxygens (including phenoxy) is 2. The van der Waals surface area contributed by atoms with E-state index in [0.29, 0.717) is 54.0 Å². The predicted octanol–water partition coefficient (Wildman–Crippen LogP) is 4.10. The Morgan fingerprint density at radius 2 is 1.82 bits per heavy atom. The van der Waals surface area contributed by atoms with Gasteiger partial charge in [0.15, 0.2) is 5.75 Å². The highest BCUT2D eigenvalue weighted by atomic mass is 32.2. The topological polar surface area (TPSA) is 143 Å². The van der Waals surface area contributed by atoms with Crippen LogP contribution in [0, 0.1) is 6.92 Å². The van der Waals surface area contributed by atoms with Gasteiger partial charge in [-0.2, -0.15) is 0 Å². The van der Waals surface area contributed by atoms with Crippen LogP contribution in [-0.2, 0) is 19.4 Å². The minimum absolute atomic E-state index is 0.0584. The number of likely N-dealkylation sites (N-methyl/N-ethyl adjacent to an activating group) is 1. The summed E-state index contributed by atoms with van der Waals surface area (Å²) in [6.07, 6.45) is 3.53. The zero-order chi connectivity index (χ0) is 36.0. The second-order valence-electron chi connectivity index (χ2n) is 12.3. The fraction of sp³-hybridized carbons (Fsp3) is 0.361. The van der Waals surface area contributed by atoms with Gasteiger partial charge in [-0.25, -0.2) is 18.2 Å². The highest BCUT2D eigenvalue weighted by molar-refractivity contribution is 7.90. The normalized spacial score (nSPS) is 13.5. The van der Waals surface area contributed by atoms with Crippen molar-refractivity contribution in [2.75, 3.05) is 70.5 Å². The molecule has 50 heavy (non-hydrogen) atoms. The van der Waals surface area contributed by atoms with Crippen LogP contribution in [-0.4, -0.2) is 106 Å². The van der Waals surface area contributed by atoms with Crippen molar-refractivity contribution in [2.45, 2.75) is 31.3 Å². The number of unbranched alkanes of at least 4 members (excludes halogenated alkanes) is 1. The smallest absolute Gasteiger partial charge is 0.260 e. The summed E-state index contributed by atoms with van der Waals surface area (Å²) in [4.78, 5) is 47.8. The molecule has 0 saturated carbocycles. The van der Waals surface area contributed by atoms with E-state index in [1.54, 1.807) is 43.4 Å². The number of hydrogen-bond donors (Lipinski definition) is 1. The Hall–Kier alpha value is -5.17. The van der Waals surface area contributed by atoms with Crippen molar-refractivity contribution in [2.24, 2.45) is 0 Å². The molecule has 1 aliphatic heterocycles. The van der Waals surface area contributed by atoms with E-state index in [-0.39, 0.29) is 27.8 Å². The summed E-state index contributed by atoms with van der Waals surface area (Å²) in [6.45, 7) is 5.74. The molecule has 0 aliphatic carbocycles. The number of methoxy groups -OCH3 is 1. The third-order valence-electron chi connectivity index (χ3n) is 8.73. The van der Waals surface area contributed by atoms with E-state index in [1.807, 2.05) is 19.1 Å². The molecule has 13 nitrogen and oxygen atoms in total. The molecule has 1 aromatic heterocycles. The Kier molecular flexibility index (Phi) is 11.3. The van der Waals surface area contributed by atoms with Crippen LogP contribution in [0.3, 0.4) is 0 Å². The molecule has 264 valence electrons. The van der Waals surface area contributed by atoms with Crippen LogP contribution in [0.1, 0.15) is 35.2 Å². The maximum Gasteiger partial charge on any atom is 0.260 e. The number of fused-ring (bicyclic) bond motifs is 1. The Morgan fingerprint density at radius 1 is 1.08 bits per heavy atom. The van der Waals surface area contributed by atoms with E-state index in [1.165, 1.54) is 22.6 Å². The van der Waals surface area contributed by atoms with Gasteiger partial charge in [0, 0.05) is 39.5 Å². The van der Waals surface area contributed by atoms with Crippen LogP contribution in [0.25, 0.3) is 16.7 Å². The van der Waals surface area contributed by atoms with Crippen molar-refractivity contribution in [3.8, 4) is 17.2 Å². The lowest BCUT2D eigenvalue weighted by Crippen LogP contribution is -2.44. The van der Waals surface area contributed by atoms with Gasteiger partial charge in [-0.05, 0) is 75.2 Å². The molecule has 2 heterocycles. The predicted molar refractivity (Wildman–Crippen MR) is 192 cm³/mol. The number of aromatic nitrogens is 2. The largest absolute Gasteiger partial charge is 0.492 e. The molecule has 1 fully saturated rings. The van der Waals surface area contributed by atoms with Crippen molar-refractivity contribution in [1.82, 2.24) is 19.4 Å². The maximum absolute atomic E-state index is 14.1. The summed E-state index contributed by atoms with van der Waals surface area (Å²) >= 11 is 0. The monoisotopic (exact) mass is 702 g/mol. The quantitative estimate of drug-likeness (QED) is 0.116. The Balaban J connectivity index is 1.39. The first kappa shape index (κ1) is 36.1. The van der Waals surface area contributed by atoms with E-state index >= 15 is 0 Å². The molecule has 1 saturated heterocycles. The summed E-state index contributed by atoms with van der Waals surface area (Å²) in [6, 6.07) is 15.5. The number of piperazine rings is 1. The SMILES string of the molecule is COc1c(-n2c(S(C)(=O)=O)nc3ccccc32)ccc(C(=O)N(C)c2ccc(C)cc2OCCCCC(=C=O)N2CCN(C)CC2)c1NC=O. The molecule has 4 aromatic rings. The number of imidazole rings is 1. The van der Waals surface area contributed by atoms with Crippen LogP contribution in [0.15, 0.2) is 65.5 Å². The summed E-state index contributed by atoms with van der Waals surface area (Å²) < 4.78 is 39.0. The minimum Gasteiger partial charge on any atom is -0.492 e. The third kappa shape index (κ3) is 7.67. The average molecular weight is 703 g/mol. The van der Waals surface area contributed by atoms with Crippen molar-refractivity contribution in [1.29, 1.82) is 0 Å². The third-order valence-corrected chi connectivity index (χ3v) is 9.66. The van der Waals surface area contributed by atoms with Crippen molar-refractivity contribution < 1.29 is 32.3 Å². The number of carbonyl (C=O) groups is 2. The molecule has 0 radical (unpaired) electrons. The fourth-order valence-corrected chi connectivity index (χ4v) is 6.84. The van der Waals surface area contributed by atoms with Crippen LogP contribution >= 0.6 is 0 Å². The van der Waals surface area contributed by atoms with Crippen molar-refractivity contribution in [3.63, 3.8) is 0 Å². The molecule has 14 heteroatoms. The summed E-state index contributed by atoms with van der Waals surface area (Å²) in [5.41, 5.74) is 3.51. The van der Waals surface area contributed by atoms with E-state index in [2.05, 4.69) is 33.1 Å². The molecule has 0 bridgehead atoms. The lowest BCUT2D eigenvalue weighted by atomic mass is 10.1. The number of amides is 2. The van der Waals surface area contributed by atoms with E-state index < -0.39 is 15.7 Å². The summed E-state index contributed by atoms with van der Waals surface area (Å²) in [5, 5.41) is 2.38. The number of benzene rings is 3. The number of anilines is 2. The first-order chi connectivity index (χ1) is 24.0. The fourth-order valence-electron chi connectivity index (χ4n) is 6.05. The highest BCUT2D eigenvalue weighted by Crippen LogP contribution is 2.39. The highest BCUT2D eigenvalue weighted by Gasteiger charge is 2.28. The number of nitrogens with one attached hydrogen (secondary N) is 1. The molecule has 2 amide bonds. The van der Waals surface area contributed by atoms with Gasteiger partial charge in [0.1, 0.15) is 11.7 Å². The molecule has 0 atom stereocenters. The number of nitrogens with zero attached hydrogens (tertiary/aromatic N) is 5. The van der Waals surface area contributed by atoms with E-state index in [9.17, 15) is 22.8 Å². The number of aryl methyl sites for hydroxylation is 1. The maximum atomic E-state index is 14.1. The van der Waals surface area contributed by atoms with Gasteiger partial charge in [0.2, 0.25) is 21.4 Å². The van der Waals surface area contributed by atoms with Gasteiger partial charge in [0.05, 0.1) is 53.1 Å². The molecule has 0 spiro atoms. The Labute approximate surface area is 292 Å². The number of hydrogen-bond acceptors (Lipinski definition) is 10. The standard InChI is InChI=1S/C36H42N6O7S/c1-25-13-15-30(32(22-25)49-21-9-8-10-26(23-43)41-19-17-39(2)18-20-41)40(3)35(45)27-14-16-31(34(48-4)33(27)37-24-44)42-29-12-7-6-11-28(29)38-36(42)50(5,46)47/h6-7,11-16,22,24H,8-10,17-21H2,1-5H3,(H,37,44). The van der Waals surface area contributed by atoms with E-state index in [0.717, 1.165) is 44.4 Å². The van der Waals surface area contributed by atoms with Gasteiger partial charge < -0.3 is 29.5 Å². The van der Waals surface area contributed by atoms with Crippen LogP contribution in [0.4, 0.5) is 11.4 Å². The zero-order valence-corrected chi connectivity index (χ0v) is 29.7. The number of para-hydroxylation sites is 2. The van der Waals surface area contributed by atoms with Crippen LogP contribution in [0.2, 0.25) is 0 Å². The molecular weight excluding hydrogens is 660 g/mol. The Morgan fingerprint density at radius 3 is 2.50 bits per heavy atom. The second-order valence-corrected chi connectivity index (χ2v) is 14.2. The Bertz CT molecular complexity index is 2050. The first-order valence-corrected chi connectivity index (χ1v) is 18.2. The lowest BCUT2D eigenvalue weighted by molar-refractivity contribution is -0.105. The molecular formula is C36H42N6O7S. The van der Waals surface area contributed by atoms with Gasteiger partial charge in [-0.3, -0.25) is 14.2 Å². The van der Waals surface area contributed by atoms with Gasteiger partial charge in [0.25, 0.3) is 5.91 Å². The first-order valence-electron chi connectivity index (χ1n) is 16.3. The number of rotatable bonds is 14. The van der Waals surface area contributed by atoms with Crippen molar-refractivity contribution in [3.05, 3.63) is 71.4 Å². The number of allylic oxidation sites excluding steroid dienone is 1. The average Bonchev–Trinajstić information content (AvgIpc) is 3.50. The summed E-state index contributed by atoms with van der Waals surface area (Å²) in [7, 11) is 1.24. The van der Waals surface area contributed by atoms with Gasteiger partial charge >= 0.3 is 0 Å². The molecule has 1 N–H and O–H groups in total. The molecule has 0 unspecified atom stereocenters. The molecule has 5 rings (SSSR count). The number of carbonyl (C=O) groups excluding carboxylic acids is 3. The minimum atomic E-state index is -3.81.